The highest BCUT2D eigenvalue weighted by Gasteiger charge is 2.58. The molecule has 0 radical (unpaired) electrons. The van der Waals surface area contributed by atoms with Gasteiger partial charge in [-0.2, -0.15) is 22.0 Å². The van der Waals surface area contributed by atoms with Crippen LogP contribution in [0.5, 0.6) is 0 Å². The number of halogens is 6. The third-order valence-corrected chi connectivity index (χ3v) is 2.98. The third-order valence-electron chi connectivity index (χ3n) is 2.98. The van der Waals surface area contributed by atoms with E-state index < -0.39 is 40.7 Å². The highest BCUT2D eigenvalue weighted by molar-refractivity contribution is 6.05. The number of aliphatic imine (C=N–C) groups is 1. The average Bonchev–Trinajstić information content (AvgIpc) is 2.45. The molecule has 10 heteroatoms. The van der Waals surface area contributed by atoms with E-state index in [1.165, 1.54) is 0 Å². The Kier molecular flexibility index (Phi) is 4.50. The van der Waals surface area contributed by atoms with Crippen LogP contribution in [0.4, 0.5) is 26.3 Å². The molecule has 0 bridgehead atoms. The first-order chi connectivity index (χ1) is 11.0. The first-order valence-corrected chi connectivity index (χ1v) is 6.32. The standard InChI is InChI=1S/C14H8F6N2O2/c15-11-3-7(13(16,17)14(18,19)20)1-2-10(11)12(24)22-8-4-9(23)6-21-5-8/h1-5H,6H2,(H,22,24). The van der Waals surface area contributed by atoms with Crippen LogP contribution < -0.4 is 5.32 Å². The van der Waals surface area contributed by atoms with Gasteiger partial charge in [-0.15, -0.1) is 0 Å². The van der Waals surface area contributed by atoms with Crippen LogP contribution in [0.1, 0.15) is 15.9 Å². The highest BCUT2D eigenvalue weighted by atomic mass is 19.4. The quantitative estimate of drug-likeness (QED) is 0.853. The van der Waals surface area contributed by atoms with Gasteiger partial charge in [-0.25, -0.2) is 4.39 Å². The summed E-state index contributed by atoms with van der Waals surface area (Å²) in [6.45, 7) is -0.116. The van der Waals surface area contributed by atoms with Crippen molar-refractivity contribution in [3.63, 3.8) is 0 Å². The second kappa shape index (κ2) is 6.10. The van der Waals surface area contributed by atoms with Gasteiger partial charge < -0.3 is 5.32 Å². The first-order valence-electron chi connectivity index (χ1n) is 6.32. The molecule has 1 aliphatic heterocycles. The van der Waals surface area contributed by atoms with E-state index in [4.69, 9.17) is 0 Å². The van der Waals surface area contributed by atoms with Crippen molar-refractivity contribution in [1.29, 1.82) is 0 Å². The van der Waals surface area contributed by atoms with Crippen LogP contribution in [-0.4, -0.2) is 30.6 Å². The van der Waals surface area contributed by atoms with E-state index in [1.807, 2.05) is 0 Å². The molecule has 0 saturated heterocycles. The van der Waals surface area contributed by atoms with Crippen molar-refractivity contribution < 1.29 is 35.9 Å². The molecule has 0 atom stereocenters. The molecule has 1 amide bonds. The van der Waals surface area contributed by atoms with Crippen molar-refractivity contribution in [2.75, 3.05) is 6.54 Å². The Morgan fingerprint density at radius 3 is 2.38 bits per heavy atom. The van der Waals surface area contributed by atoms with E-state index in [2.05, 4.69) is 10.3 Å². The van der Waals surface area contributed by atoms with Gasteiger partial charge in [-0.3, -0.25) is 14.6 Å². The molecule has 1 aromatic rings. The smallest absolute Gasteiger partial charge is 0.320 e. The Balaban J connectivity index is 2.26. The number of rotatable bonds is 3. The largest absolute Gasteiger partial charge is 0.458 e. The summed E-state index contributed by atoms with van der Waals surface area (Å²) in [7, 11) is 0. The fourth-order valence-corrected chi connectivity index (χ4v) is 1.82. The number of alkyl halides is 5. The summed E-state index contributed by atoms with van der Waals surface area (Å²) < 4.78 is 76.8. The number of nitrogens with one attached hydrogen (secondary N) is 1. The predicted octanol–water partition coefficient (Wildman–Crippen LogP) is 2.75. The molecule has 4 nitrogen and oxygen atoms in total. The summed E-state index contributed by atoms with van der Waals surface area (Å²) in [6, 6.07) is 0.749. The van der Waals surface area contributed by atoms with Gasteiger partial charge in [-0.05, 0) is 12.1 Å². The predicted molar refractivity (Wildman–Crippen MR) is 70.3 cm³/mol. The molecule has 0 spiro atoms. The minimum absolute atomic E-state index is 0.0552. The number of hydrogen-bond donors (Lipinski definition) is 1. The van der Waals surface area contributed by atoms with Gasteiger partial charge in [0.2, 0.25) is 0 Å². The van der Waals surface area contributed by atoms with Crippen molar-refractivity contribution in [2.24, 2.45) is 4.99 Å². The van der Waals surface area contributed by atoms with E-state index in [1.54, 1.807) is 0 Å². The van der Waals surface area contributed by atoms with Crippen LogP contribution in [0, 0.1) is 5.82 Å². The molecule has 1 N–H and O–H groups in total. The molecule has 1 heterocycles. The first kappa shape index (κ1) is 17.7. The second-order valence-corrected chi connectivity index (χ2v) is 4.76. The summed E-state index contributed by atoms with van der Waals surface area (Å²) in [6.07, 6.45) is -3.74. The van der Waals surface area contributed by atoms with Gasteiger partial charge in [0.05, 0.1) is 11.3 Å². The zero-order valence-electron chi connectivity index (χ0n) is 11.6. The lowest BCUT2D eigenvalue weighted by Crippen LogP contribution is -2.34. The Labute approximate surface area is 130 Å². The summed E-state index contributed by atoms with van der Waals surface area (Å²) >= 11 is 0. The lowest BCUT2D eigenvalue weighted by atomic mass is 10.0. The van der Waals surface area contributed by atoms with E-state index >= 15 is 0 Å². The second-order valence-electron chi connectivity index (χ2n) is 4.76. The number of benzene rings is 1. The van der Waals surface area contributed by atoms with Gasteiger partial charge in [0, 0.05) is 17.9 Å². The molecule has 0 unspecified atom stereocenters. The summed E-state index contributed by atoms with van der Waals surface area (Å²) in [5.41, 5.74) is -2.44. The van der Waals surface area contributed by atoms with Crippen LogP contribution >= 0.6 is 0 Å². The number of allylic oxidation sites excluding steroid dienone is 1. The third kappa shape index (κ3) is 3.47. The van der Waals surface area contributed by atoms with Gasteiger partial charge in [0.25, 0.3) is 5.91 Å². The molecule has 0 fully saturated rings. The Morgan fingerprint density at radius 1 is 1.17 bits per heavy atom. The van der Waals surface area contributed by atoms with Crippen LogP contribution in [0.2, 0.25) is 0 Å². The van der Waals surface area contributed by atoms with Crippen molar-refractivity contribution in [3.8, 4) is 0 Å². The molecule has 0 saturated carbocycles. The number of ketones is 1. The summed E-state index contributed by atoms with van der Waals surface area (Å²) in [4.78, 5) is 26.5. The van der Waals surface area contributed by atoms with Gasteiger partial charge in [-0.1, -0.05) is 6.07 Å². The van der Waals surface area contributed by atoms with E-state index in [0.29, 0.717) is 12.1 Å². The zero-order chi connectivity index (χ0) is 18.1. The topological polar surface area (TPSA) is 58.5 Å². The zero-order valence-corrected chi connectivity index (χ0v) is 11.6. The molecule has 2 rings (SSSR count). The lowest BCUT2D eigenvalue weighted by Gasteiger charge is -2.20. The molecule has 1 aromatic carbocycles. The maximum absolute atomic E-state index is 13.8. The number of dihydropyridines is 1. The Morgan fingerprint density at radius 2 is 1.83 bits per heavy atom. The number of nitrogens with zero attached hydrogens (tertiary/aromatic N) is 1. The van der Waals surface area contributed by atoms with Crippen LogP contribution in [0.25, 0.3) is 0 Å². The molecule has 128 valence electrons. The number of hydrogen-bond acceptors (Lipinski definition) is 3. The van der Waals surface area contributed by atoms with Crippen molar-refractivity contribution in [3.05, 3.63) is 46.9 Å². The molecule has 0 aromatic heterocycles. The Bertz CT molecular complexity index is 752. The van der Waals surface area contributed by atoms with Crippen LogP contribution in [-0.2, 0) is 10.7 Å². The maximum atomic E-state index is 13.8. The molecular weight excluding hydrogens is 342 g/mol. The normalized spacial score (nSPS) is 15.2. The monoisotopic (exact) mass is 350 g/mol. The minimum Gasteiger partial charge on any atom is -0.320 e. The fraction of sp³-hybridized carbons (Fsp3) is 0.214. The van der Waals surface area contributed by atoms with Gasteiger partial charge in [0.15, 0.2) is 5.78 Å². The Hall–Kier alpha value is -2.65. The van der Waals surface area contributed by atoms with Crippen LogP contribution in [0.3, 0.4) is 0 Å². The number of carbonyl (C=O) groups excluding carboxylic acids is 2. The SMILES string of the molecule is O=C1C=C(NC(=O)c2ccc(C(F)(F)C(F)(F)F)cc2F)C=NC1. The van der Waals surface area contributed by atoms with E-state index in [-0.39, 0.29) is 18.3 Å². The van der Waals surface area contributed by atoms with Crippen LogP contribution in [0.15, 0.2) is 35.0 Å². The molecular formula is C14H8F6N2O2. The molecule has 24 heavy (non-hydrogen) atoms. The maximum Gasteiger partial charge on any atom is 0.458 e. The summed E-state index contributed by atoms with van der Waals surface area (Å²) in [5, 5.41) is 2.10. The minimum atomic E-state index is -5.90. The van der Waals surface area contributed by atoms with Crippen molar-refractivity contribution in [1.82, 2.24) is 5.32 Å². The average molecular weight is 350 g/mol. The van der Waals surface area contributed by atoms with Gasteiger partial charge in [0.1, 0.15) is 12.4 Å². The van der Waals surface area contributed by atoms with E-state index in [0.717, 1.165) is 12.3 Å². The molecule has 0 aliphatic carbocycles. The highest BCUT2D eigenvalue weighted by Crippen LogP contribution is 2.44. The number of amides is 1. The fourth-order valence-electron chi connectivity index (χ4n) is 1.82. The van der Waals surface area contributed by atoms with Gasteiger partial charge >= 0.3 is 12.1 Å². The number of carbonyl (C=O) groups is 2. The summed E-state index contributed by atoms with van der Waals surface area (Å²) in [5.74, 6) is -8.36. The van der Waals surface area contributed by atoms with Crippen molar-refractivity contribution in [2.45, 2.75) is 12.1 Å². The van der Waals surface area contributed by atoms with Crippen molar-refractivity contribution >= 4 is 17.9 Å². The molecule has 1 aliphatic rings. The van der Waals surface area contributed by atoms with E-state index in [9.17, 15) is 35.9 Å². The lowest BCUT2D eigenvalue weighted by molar-refractivity contribution is -0.289.